The fourth-order valence-electron chi connectivity index (χ4n) is 6.07. The highest BCUT2D eigenvalue weighted by molar-refractivity contribution is 5.94. The molecule has 0 bridgehead atoms. The van der Waals surface area contributed by atoms with Crippen LogP contribution in [0.5, 0.6) is 0 Å². The van der Waals surface area contributed by atoms with Crippen molar-refractivity contribution in [2.45, 2.75) is 77.7 Å². The zero-order chi connectivity index (χ0) is 23.3. The summed E-state index contributed by atoms with van der Waals surface area (Å²) in [5.41, 5.74) is 3.23. The summed E-state index contributed by atoms with van der Waals surface area (Å²) in [6.45, 7) is 10.4. The lowest BCUT2D eigenvalue weighted by Crippen LogP contribution is -2.30. The SMILES string of the molecule is Cc1ccc(NC(=O)[C@H]2CN(C)C[C@@H]2c2nnc([C@H]3C[C@@H](CC(C)C)C3)n2C2CC2)c(C)c1. The minimum atomic E-state index is -0.111. The molecule has 2 heterocycles. The van der Waals surface area contributed by atoms with Gasteiger partial charge in [-0.2, -0.15) is 0 Å². The number of aromatic nitrogens is 3. The minimum Gasteiger partial charge on any atom is -0.326 e. The van der Waals surface area contributed by atoms with E-state index in [4.69, 9.17) is 10.2 Å². The molecular weight excluding hydrogens is 410 g/mol. The van der Waals surface area contributed by atoms with Gasteiger partial charge in [0.25, 0.3) is 0 Å². The van der Waals surface area contributed by atoms with Gasteiger partial charge in [0.05, 0.1) is 5.92 Å². The van der Waals surface area contributed by atoms with Crippen LogP contribution >= 0.6 is 0 Å². The fraction of sp³-hybridized carbons (Fsp3) is 0.667. The van der Waals surface area contributed by atoms with Crippen LogP contribution in [-0.4, -0.2) is 45.7 Å². The lowest BCUT2D eigenvalue weighted by molar-refractivity contribution is -0.119. The van der Waals surface area contributed by atoms with E-state index in [1.807, 2.05) is 6.07 Å². The summed E-state index contributed by atoms with van der Waals surface area (Å²) in [5, 5.41) is 12.7. The molecule has 3 aliphatic rings. The maximum Gasteiger partial charge on any atom is 0.229 e. The highest BCUT2D eigenvalue weighted by Gasteiger charge is 2.44. The number of hydrogen-bond donors (Lipinski definition) is 1. The van der Waals surface area contributed by atoms with Crippen molar-refractivity contribution >= 4 is 11.6 Å². The van der Waals surface area contributed by atoms with Gasteiger partial charge in [-0.15, -0.1) is 10.2 Å². The smallest absolute Gasteiger partial charge is 0.229 e. The molecule has 0 unspecified atom stereocenters. The van der Waals surface area contributed by atoms with E-state index in [2.05, 4.69) is 61.7 Å². The molecule has 2 saturated carbocycles. The molecule has 5 rings (SSSR count). The lowest BCUT2D eigenvalue weighted by Gasteiger charge is -2.36. The second-order valence-corrected chi connectivity index (χ2v) is 11.4. The van der Waals surface area contributed by atoms with Crippen molar-refractivity contribution in [2.75, 3.05) is 25.5 Å². The van der Waals surface area contributed by atoms with Crippen LogP contribution in [-0.2, 0) is 4.79 Å². The van der Waals surface area contributed by atoms with E-state index in [0.29, 0.717) is 12.0 Å². The van der Waals surface area contributed by atoms with Gasteiger partial charge in [0.15, 0.2) is 0 Å². The molecular formula is C27H39N5O. The Morgan fingerprint density at radius 1 is 1.12 bits per heavy atom. The summed E-state index contributed by atoms with van der Waals surface area (Å²) >= 11 is 0. The zero-order valence-electron chi connectivity index (χ0n) is 20.8. The number of rotatable bonds is 7. The summed E-state index contributed by atoms with van der Waals surface area (Å²) < 4.78 is 2.46. The van der Waals surface area contributed by atoms with E-state index in [1.165, 1.54) is 43.5 Å². The van der Waals surface area contributed by atoms with Gasteiger partial charge in [0.2, 0.25) is 5.91 Å². The number of anilines is 1. The largest absolute Gasteiger partial charge is 0.326 e. The average Bonchev–Trinajstić information content (AvgIpc) is 3.35. The fourth-order valence-corrected chi connectivity index (χ4v) is 6.07. The van der Waals surface area contributed by atoms with Gasteiger partial charge in [0, 0.05) is 36.7 Å². The topological polar surface area (TPSA) is 63.1 Å². The van der Waals surface area contributed by atoms with E-state index in [0.717, 1.165) is 42.0 Å². The minimum absolute atomic E-state index is 0.0918. The highest BCUT2D eigenvalue weighted by Crippen LogP contribution is 2.48. The Kier molecular flexibility index (Phi) is 6.06. The van der Waals surface area contributed by atoms with E-state index >= 15 is 0 Å². The van der Waals surface area contributed by atoms with E-state index in [-0.39, 0.29) is 17.7 Å². The first-order valence-electron chi connectivity index (χ1n) is 12.8. The lowest BCUT2D eigenvalue weighted by atomic mass is 9.71. The van der Waals surface area contributed by atoms with Crippen LogP contribution in [0, 0.1) is 31.6 Å². The first-order valence-corrected chi connectivity index (χ1v) is 12.8. The molecule has 2 aromatic rings. The van der Waals surface area contributed by atoms with E-state index in [9.17, 15) is 4.79 Å². The Bertz CT molecular complexity index is 1020. The van der Waals surface area contributed by atoms with E-state index < -0.39 is 0 Å². The summed E-state index contributed by atoms with van der Waals surface area (Å²) in [4.78, 5) is 15.7. The van der Waals surface area contributed by atoms with Crippen LogP contribution in [0.15, 0.2) is 18.2 Å². The molecule has 6 heteroatoms. The molecule has 3 fully saturated rings. The number of carbonyl (C=O) groups excluding carboxylic acids is 1. The van der Waals surface area contributed by atoms with Gasteiger partial charge in [-0.1, -0.05) is 31.5 Å². The Morgan fingerprint density at radius 3 is 2.52 bits per heavy atom. The molecule has 2 aliphatic carbocycles. The van der Waals surface area contributed by atoms with Gasteiger partial charge in [-0.05, 0) is 76.5 Å². The molecule has 1 N–H and O–H groups in total. The predicted octanol–water partition coefficient (Wildman–Crippen LogP) is 5.05. The van der Waals surface area contributed by atoms with Crippen LogP contribution in [0.2, 0.25) is 0 Å². The second kappa shape index (κ2) is 8.86. The monoisotopic (exact) mass is 449 g/mol. The Balaban J connectivity index is 1.36. The third kappa shape index (κ3) is 4.59. The standard InChI is InChI=1S/C27H39N5O/c1-16(2)10-19-12-20(13-19)25-29-30-26(32(25)21-7-8-21)22-14-31(5)15-23(22)27(33)28-24-9-6-17(3)11-18(24)4/h6,9,11,16,19-23H,7-8,10,12-15H2,1-5H3,(H,28,33)/t19-,20+,22-,23-/m0/s1. The molecule has 1 amide bonds. The number of amides is 1. The highest BCUT2D eigenvalue weighted by atomic mass is 16.2. The predicted molar refractivity (Wildman–Crippen MR) is 131 cm³/mol. The van der Waals surface area contributed by atoms with Gasteiger partial charge in [-0.3, -0.25) is 4.79 Å². The van der Waals surface area contributed by atoms with Crippen molar-refractivity contribution in [3.63, 3.8) is 0 Å². The summed E-state index contributed by atoms with van der Waals surface area (Å²) in [6.07, 6.45) is 6.22. The van der Waals surface area contributed by atoms with E-state index in [1.54, 1.807) is 0 Å². The number of nitrogens with zero attached hydrogens (tertiary/aromatic N) is 4. The Labute approximate surface area is 198 Å². The molecule has 0 spiro atoms. The number of carbonyl (C=O) groups is 1. The Hall–Kier alpha value is -2.21. The maximum absolute atomic E-state index is 13.4. The van der Waals surface area contributed by atoms with Crippen LogP contribution in [0.25, 0.3) is 0 Å². The van der Waals surface area contributed by atoms with Crippen molar-refractivity contribution in [3.05, 3.63) is 41.0 Å². The van der Waals surface area contributed by atoms with Gasteiger partial charge in [-0.25, -0.2) is 0 Å². The number of likely N-dealkylation sites (tertiary alicyclic amines) is 1. The van der Waals surface area contributed by atoms with Crippen LogP contribution < -0.4 is 5.32 Å². The molecule has 0 radical (unpaired) electrons. The normalized spacial score (nSPS) is 27.7. The first kappa shape index (κ1) is 22.6. The molecule has 1 saturated heterocycles. The molecule has 1 aromatic carbocycles. The average molecular weight is 450 g/mol. The third-order valence-corrected chi connectivity index (χ3v) is 7.88. The van der Waals surface area contributed by atoms with Gasteiger partial charge < -0.3 is 14.8 Å². The number of nitrogens with one attached hydrogen (secondary N) is 1. The number of benzene rings is 1. The molecule has 6 nitrogen and oxygen atoms in total. The first-order chi connectivity index (χ1) is 15.8. The molecule has 33 heavy (non-hydrogen) atoms. The molecule has 1 aromatic heterocycles. The van der Waals surface area contributed by atoms with Crippen molar-refractivity contribution in [1.82, 2.24) is 19.7 Å². The van der Waals surface area contributed by atoms with Crippen LogP contribution in [0.1, 0.15) is 86.6 Å². The molecule has 2 atom stereocenters. The summed E-state index contributed by atoms with van der Waals surface area (Å²) in [6, 6.07) is 6.73. The second-order valence-electron chi connectivity index (χ2n) is 11.4. The van der Waals surface area contributed by atoms with Crippen molar-refractivity contribution in [2.24, 2.45) is 17.8 Å². The van der Waals surface area contributed by atoms with Crippen molar-refractivity contribution in [3.8, 4) is 0 Å². The number of likely N-dealkylation sites (N-methyl/N-ethyl adjacent to an activating group) is 1. The third-order valence-electron chi connectivity index (χ3n) is 7.88. The van der Waals surface area contributed by atoms with Crippen LogP contribution in [0.3, 0.4) is 0 Å². The summed E-state index contributed by atoms with van der Waals surface area (Å²) in [7, 11) is 2.11. The quantitative estimate of drug-likeness (QED) is 0.642. The summed E-state index contributed by atoms with van der Waals surface area (Å²) in [5.74, 6) is 4.45. The van der Waals surface area contributed by atoms with Crippen molar-refractivity contribution in [1.29, 1.82) is 0 Å². The molecule has 1 aliphatic heterocycles. The van der Waals surface area contributed by atoms with Crippen molar-refractivity contribution < 1.29 is 4.79 Å². The number of aryl methyl sites for hydroxylation is 2. The molecule has 178 valence electrons. The van der Waals surface area contributed by atoms with Gasteiger partial charge in [0.1, 0.15) is 11.6 Å². The Morgan fingerprint density at radius 2 is 1.85 bits per heavy atom. The van der Waals surface area contributed by atoms with Crippen LogP contribution in [0.4, 0.5) is 5.69 Å². The maximum atomic E-state index is 13.4. The number of hydrogen-bond acceptors (Lipinski definition) is 4. The zero-order valence-corrected chi connectivity index (χ0v) is 20.8. The van der Waals surface area contributed by atoms with Gasteiger partial charge >= 0.3 is 0 Å².